The van der Waals surface area contributed by atoms with Crippen molar-refractivity contribution in [3.05, 3.63) is 52.4 Å². The molecule has 0 radical (unpaired) electrons. The number of ether oxygens (including phenoxy) is 1. The summed E-state index contributed by atoms with van der Waals surface area (Å²) in [5, 5.41) is 9.07. The number of aromatic carboxylic acids is 1. The van der Waals surface area contributed by atoms with Gasteiger partial charge in [0.15, 0.2) is 0 Å². The molecule has 0 amide bonds. The molecule has 2 rings (SSSR count). The van der Waals surface area contributed by atoms with E-state index in [0.29, 0.717) is 16.0 Å². The average molecular weight is 297 g/mol. The maximum Gasteiger partial charge on any atom is 0.340 e. The van der Waals surface area contributed by atoms with Gasteiger partial charge in [-0.2, -0.15) is 0 Å². The molecule has 4 nitrogen and oxygen atoms in total. The Balaban J connectivity index is 2.21. The highest BCUT2D eigenvalue weighted by Crippen LogP contribution is 2.27. The Kier molecular flexibility index (Phi) is 3.49. The summed E-state index contributed by atoms with van der Waals surface area (Å²) in [5.41, 5.74) is 0.110. The van der Waals surface area contributed by atoms with Crippen LogP contribution in [0.3, 0.4) is 0 Å². The van der Waals surface area contributed by atoms with Crippen molar-refractivity contribution in [2.45, 2.75) is 6.61 Å². The molecule has 0 saturated heterocycles. The molecule has 0 unspecified atom stereocenters. The van der Waals surface area contributed by atoms with Crippen molar-refractivity contribution in [1.82, 2.24) is 0 Å². The minimum Gasteiger partial charge on any atom is -0.485 e. The summed E-state index contributed by atoms with van der Waals surface area (Å²) < 4.78 is 11.0. The van der Waals surface area contributed by atoms with E-state index in [9.17, 15) is 4.79 Å². The average Bonchev–Trinajstić information content (AvgIpc) is 2.78. The lowest BCUT2D eigenvalue weighted by atomic mass is 10.2. The van der Waals surface area contributed by atoms with Gasteiger partial charge in [0.2, 0.25) is 0 Å². The number of benzene rings is 1. The molecule has 1 heterocycles. The van der Waals surface area contributed by atoms with E-state index < -0.39 is 5.97 Å². The molecule has 0 aliphatic carbocycles. The molecule has 0 aliphatic rings. The number of hydrogen-bond acceptors (Lipinski definition) is 3. The number of carboxylic acids is 1. The quantitative estimate of drug-likeness (QED) is 0.940. The Morgan fingerprint density at radius 3 is 2.82 bits per heavy atom. The number of rotatable bonds is 4. The number of halogens is 1. The molecule has 1 aromatic carbocycles. The Bertz CT molecular complexity index is 519. The predicted octanol–water partition coefficient (Wildman–Crippen LogP) is 3.32. The Morgan fingerprint density at radius 2 is 2.18 bits per heavy atom. The normalized spacial score (nSPS) is 10.2. The molecule has 17 heavy (non-hydrogen) atoms. The van der Waals surface area contributed by atoms with Gasteiger partial charge in [-0.3, -0.25) is 0 Å². The van der Waals surface area contributed by atoms with Crippen molar-refractivity contribution >= 4 is 21.9 Å². The van der Waals surface area contributed by atoms with E-state index in [-0.39, 0.29) is 12.2 Å². The molecule has 1 aromatic heterocycles. The highest BCUT2D eigenvalue weighted by atomic mass is 79.9. The van der Waals surface area contributed by atoms with Gasteiger partial charge in [0.05, 0.1) is 6.26 Å². The molecular formula is C12H9BrO4. The first-order chi connectivity index (χ1) is 8.18. The zero-order valence-electron chi connectivity index (χ0n) is 8.72. The highest BCUT2D eigenvalue weighted by molar-refractivity contribution is 9.10. The smallest absolute Gasteiger partial charge is 0.340 e. The van der Waals surface area contributed by atoms with Crippen molar-refractivity contribution in [1.29, 1.82) is 0 Å². The van der Waals surface area contributed by atoms with E-state index >= 15 is 0 Å². The fourth-order valence-electron chi connectivity index (χ4n) is 1.38. The molecule has 0 fully saturated rings. The number of carboxylic acid groups (broad SMARTS) is 1. The molecule has 0 saturated carbocycles. The van der Waals surface area contributed by atoms with E-state index in [1.165, 1.54) is 6.26 Å². The Morgan fingerprint density at radius 1 is 1.35 bits per heavy atom. The van der Waals surface area contributed by atoms with Gasteiger partial charge in [0.25, 0.3) is 0 Å². The summed E-state index contributed by atoms with van der Waals surface area (Å²) in [7, 11) is 0. The largest absolute Gasteiger partial charge is 0.485 e. The maximum atomic E-state index is 11.1. The van der Waals surface area contributed by atoms with Crippen molar-refractivity contribution in [2.24, 2.45) is 0 Å². The van der Waals surface area contributed by atoms with Crippen LogP contribution in [0, 0.1) is 0 Å². The molecule has 2 aromatic rings. The van der Waals surface area contributed by atoms with E-state index in [1.54, 1.807) is 30.3 Å². The van der Waals surface area contributed by atoms with Gasteiger partial charge < -0.3 is 14.3 Å². The summed E-state index contributed by atoms with van der Waals surface area (Å²) >= 11 is 3.18. The monoisotopic (exact) mass is 296 g/mol. The second-order valence-electron chi connectivity index (χ2n) is 3.29. The predicted molar refractivity (Wildman–Crippen MR) is 64.1 cm³/mol. The van der Waals surface area contributed by atoms with Crippen LogP contribution in [-0.2, 0) is 6.61 Å². The minimum absolute atomic E-state index is 0.110. The van der Waals surface area contributed by atoms with E-state index in [1.807, 2.05) is 0 Å². The summed E-state index contributed by atoms with van der Waals surface area (Å²) in [6, 6.07) is 8.49. The topological polar surface area (TPSA) is 59.7 Å². The third kappa shape index (κ3) is 2.68. The number of furan rings is 1. The van der Waals surface area contributed by atoms with E-state index in [2.05, 4.69) is 15.9 Å². The van der Waals surface area contributed by atoms with Gasteiger partial charge >= 0.3 is 5.97 Å². The molecule has 0 bridgehead atoms. The van der Waals surface area contributed by atoms with Crippen LogP contribution in [0.25, 0.3) is 0 Å². The third-order valence-electron chi connectivity index (χ3n) is 2.14. The van der Waals surface area contributed by atoms with Gasteiger partial charge in [0, 0.05) is 4.47 Å². The lowest BCUT2D eigenvalue weighted by Crippen LogP contribution is -2.03. The van der Waals surface area contributed by atoms with Crippen molar-refractivity contribution < 1.29 is 19.1 Å². The van der Waals surface area contributed by atoms with Crippen LogP contribution in [0.2, 0.25) is 0 Å². The number of hydrogen-bond donors (Lipinski definition) is 1. The first kappa shape index (κ1) is 11.7. The van der Waals surface area contributed by atoms with Crippen molar-refractivity contribution in [2.75, 3.05) is 0 Å². The van der Waals surface area contributed by atoms with Crippen LogP contribution in [0.1, 0.15) is 16.1 Å². The minimum atomic E-state index is -1.04. The van der Waals surface area contributed by atoms with Crippen LogP contribution in [-0.4, -0.2) is 11.1 Å². The van der Waals surface area contributed by atoms with Crippen LogP contribution < -0.4 is 4.74 Å². The zero-order valence-corrected chi connectivity index (χ0v) is 10.3. The first-order valence-corrected chi connectivity index (χ1v) is 5.65. The summed E-state index contributed by atoms with van der Waals surface area (Å²) in [4.78, 5) is 11.1. The van der Waals surface area contributed by atoms with E-state index in [0.717, 1.165) is 0 Å². The van der Waals surface area contributed by atoms with Gasteiger partial charge in [0.1, 0.15) is 23.7 Å². The summed E-state index contributed by atoms with van der Waals surface area (Å²) in [5.74, 6) is -0.0866. The second kappa shape index (κ2) is 5.05. The molecule has 88 valence electrons. The SMILES string of the molecule is O=C(O)c1c(Br)cccc1OCc1ccco1. The standard InChI is InChI=1S/C12H9BrO4/c13-9-4-1-5-10(11(9)12(14)15)17-7-8-3-2-6-16-8/h1-6H,7H2,(H,14,15). The lowest BCUT2D eigenvalue weighted by molar-refractivity contribution is 0.0690. The zero-order chi connectivity index (χ0) is 12.3. The van der Waals surface area contributed by atoms with Crippen LogP contribution in [0.4, 0.5) is 0 Å². The molecule has 1 N–H and O–H groups in total. The van der Waals surface area contributed by atoms with Crippen LogP contribution >= 0.6 is 15.9 Å². The lowest BCUT2D eigenvalue weighted by Gasteiger charge is -2.08. The van der Waals surface area contributed by atoms with Gasteiger partial charge in [-0.1, -0.05) is 6.07 Å². The Hall–Kier alpha value is -1.75. The fourth-order valence-corrected chi connectivity index (χ4v) is 1.89. The molecule has 0 aliphatic heterocycles. The number of carbonyl (C=O) groups is 1. The molecule has 0 spiro atoms. The maximum absolute atomic E-state index is 11.1. The molecule has 5 heteroatoms. The first-order valence-electron chi connectivity index (χ1n) is 4.85. The van der Waals surface area contributed by atoms with Gasteiger partial charge in [-0.15, -0.1) is 0 Å². The van der Waals surface area contributed by atoms with Crippen LogP contribution in [0.5, 0.6) is 5.75 Å². The molecule has 0 atom stereocenters. The molecular weight excluding hydrogens is 288 g/mol. The third-order valence-corrected chi connectivity index (χ3v) is 2.80. The summed E-state index contributed by atoms with van der Waals surface area (Å²) in [6.07, 6.45) is 1.54. The van der Waals surface area contributed by atoms with Crippen molar-refractivity contribution in [3.8, 4) is 5.75 Å². The van der Waals surface area contributed by atoms with Gasteiger partial charge in [-0.05, 0) is 40.2 Å². The van der Waals surface area contributed by atoms with Crippen molar-refractivity contribution in [3.63, 3.8) is 0 Å². The second-order valence-corrected chi connectivity index (χ2v) is 4.14. The van der Waals surface area contributed by atoms with Gasteiger partial charge in [-0.25, -0.2) is 4.79 Å². The summed E-state index contributed by atoms with van der Waals surface area (Å²) in [6.45, 7) is 0.198. The Labute approximate surface area is 106 Å². The van der Waals surface area contributed by atoms with Crippen LogP contribution in [0.15, 0.2) is 45.5 Å². The fraction of sp³-hybridized carbons (Fsp3) is 0.0833. The van der Waals surface area contributed by atoms with E-state index in [4.69, 9.17) is 14.3 Å². The highest BCUT2D eigenvalue weighted by Gasteiger charge is 2.15.